The molecule has 0 aliphatic carbocycles. The number of aryl methyl sites for hydroxylation is 1. The van der Waals surface area contributed by atoms with E-state index in [4.69, 9.17) is 4.74 Å². The van der Waals surface area contributed by atoms with Crippen LogP contribution in [0.25, 0.3) is 10.2 Å². The number of thiazole rings is 1. The lowest BCUT2D eigenvalue weighted by Crippen LogP contribution is -2.24. The number of nitro groups is 2. The van der Waals surface area contributed by atoms with Crippen LogP contribution in [0, 0.1) is 27.2 Å². The number of benzene rings is 3. The topological polar surface area (TPSA) is 150 Å². The van der Waals surface area contributed by atoms with Crippen molar-refractivity contribution in [1.82, 2.24) is 10.4 Å². The van der Waals surface area contributed by atoms with E-state index in [0.717, 1.165) is 17.3 Å². The van der Waals surface area contributed by atoms with Crippen LogP contribution in [-0.4, -0.2) is 33.6 Å². The van der Waals surface area contributed by atoms with Crippen molar-refractivity contribution in [2.75, 3.05) is 6.61 Å². The second-order valence-electron chi connectivity index (χ2n) is 7.32. The van der Waals surface area contributed by atoms with Crippen LogP contribution in [0.15, 0.2) is 75.0 Å². The van der Waals surface area contributed by atoms with Crippen molar-refractivity contribution >= 4 is 56.8 Å². The molecule has 0 saturated heterocycles. The summed E-state index contributed by atoms with van der Waals surface area (Å²) in [4.78, 5) is 38.3. The molecule has 1 heterocycles. The van der Waals surface area contributed by atoms with Gasteiger partial charge in [0.15, 0.2) is 10.9 Å². The van der Waals surface area contributed by atoms with Gasteiger partial charge in [-0.2, -0.15) is 5.10 Å². The molecule has 0 atom stereocenters. The quantitative estimate of drug-likeness (QED) is 0.181. The number of ether oxygens (including phenoxy) is 1. The highest BCUT2D eigenvalue weighted by molar-refractivity contribution is 8.01. The third-order valence-electron chi connectivity index (χ3n) is 4.80. The summed E-state index contributed by atoms with van der Waals surface area (Å²) >= 11 is 2.30. The Morgan fingerprint density at radius 3 is 2.69 bits per heavy atom. The predicted octanol–water partition coefficient (Wildman–Crippen LogP) is 5.10. The number of hydrogen-bond acceptors (Lipinski definition) is 10. The Kier molecular flexibility index (Phi) is 7.51. The molecule has 0 radical (unpaired) electrons. The molecule has 0 spiro atoms. The number of nitro benzene ring substituents is 2. The fourth-order valence-electron chi connectivity index (χ4n) is 3.06. The average Bonchev–Trinajstić information content (AvgIpc) is 3.25. The predicted molar refractivity (Wildman–Crippen MR) is 136 cm³/mol. The Hall–Kier alpha value is -4.36. The van der Waals surface area contributed by atoms with E-state index in [1.54, 1.807) is 30.3 Å². The molecular weight excluding hydrogens is 506 g/mol. The summed E-state index contributed by atoms with van der Waals surface area (Å²) in [5, 5.41) is 26.5. The highest BCUT2D eigenvalue weighted by atomic mass is 32.2. The van der Waals surface area contributed by atoms with Gasteiger partial charge in [-0.15, -0.1) is 11.3 Å². The molecule has 36 heavy (non-hydrogen) atoms. The van der Waals surface area contributed by atoms with Crippen LogP contribution in [0.2, 0.25) is 0 Å². The smallest absolute Gasteiger partial charge is 0.283 e. The van der Waals surface area contributed by atoms with Gasteiger partial charge >= 0.3 is 0 Å². The van der Waals surface area contributed by atoms with E-state index in [1.165, 1.54) is 35.8 Å². The molecule has 0 unspecified atom stereocenters. The van der Waals surface area contributed by atoms with Crippen molar-refractivity contribution in [3.8, 4) is 5.75 Å². The van der Waals surface area contributed by atoms with E-state index >= 15 is 0 Å². The third kappa shape index (κ3) is 6.00. The van der Waals surface area contributed by atoms with Crippen molar-refractivity contribution in [1.29, 1.82) is 0 Å². The van der Waals surface area contributed by atoms with Gasteiger partial charge in [-0.3, -0.25) is 25.0 Å². The summed E-state index contributed by atoms with van der Waals surface area (Å²) in [7, 11) is 0. The Labute approximate surface area is 212 Å². The largest absolute Gasteiger partial charge is 0.483 e. The number of rotatable bonds is 9. The number of carbonyl (C=O) groups excluding carboxylic acids is 1. The highest BCUT2D eigenvalue weighted by Crippen LogP contribution is 2.39. The number of fused-ring (bicyclic) bond motifs is 1. The zero-order valence-corrected chi connectivity index (χ0v) is 20.2. The van der Waals surface area contributed by atoms with Crippen LogP contribution >= 0.6 is 23.1 Å². The zero-order valence-electron chi connectivity index (χ0n) is 18.6. The first-order valence-electron chi connectivity index (χ1n) is 10.3. The number of aromatic nitrogens is 1. The number of hydrazone groups is 1. The molecule has 182 valence electrons. The fraction of sp³-hybridized carbons (Fsp3) is 0.0870. The minimum atomic E-state index is -0.521. The Morgan fingerprint density at radius 1 is 1.14 bits per heavy atom. The molecule has 4 aromatic rings. The molecule has 0 saturated carbocycles. The summed E-state index contributed by atoms with van der Waals surface area (Å²) < 4.78 is 6.57. The first-order valence-corrected chi connectivity index (χ1v) is 11.9. The van der Waals surface area contributed by atoms with Gasteiger partial charge in [0.05, 0.1) is 31.2 Å². The van der Waals surface area contributed by atoms with E-state index in [9.17, 15) is 25.0 Å². The Morgan fingerprint density at radius 2 is 1.94 bits per heavy atom. The van der Waals surface area contributed by atoms with Crippen LogP contribution < -0.4 is 10.2 Å². The maximum absolute atomic E-state index is 12.0. The second kappa shape index (κ2) is 10.9. The molecule has 1 amide bonds. The van der Waals surface area contributed by atoms with E-state index < -0.39 is 15.8 Å². The van der Waals surface area contributed by atoms with Gasteiger partial charge in [-0.05, 0) is 30.7 Å². The van der Waals surface area contributed by atoms with Gasteiger partial charge in [-0.25, -0.2) is 10.4 Å². The molecular formula is C23H17N5O6S2. The summed E-state index contributed by atoms with van der Waals surface area (Å²) in [6.07, 6.45) is 1.30. The summed E-state index contributed by atoms with van der Waals surface area (Å²) in [6, 6.07) is 16.1. The molecule has 4 rings (SSSR count). The average molecular weight is 524 g/mol. The molecule has 0 aliphatic rings. The standard InChI is InChI=1S/C23H17N5O6S2/c1-14-4-2-3-5-19(14)34-13-22(29)26-24-12-15-6-9-20(18(10-15)28(32)33)35-23-25-17-8-7-16(27(30)31)11-21(17)36-23/h2-12H,13H2,1H3,(H,26,29)/b24-12+. The van der Waals surface area contributed by atoms with Crippen LogP contribution in [-0.2, 0) is 4.79 Å². The molecule has 11 nitrogen and oxygen atoms in total. The van der Waals surface area contributed by atoms with E-state index in [2.05, 4.69) is 15.5 Å². The van der Waals surface area contributed by atoms with Crippen LogP contribution in [0.1, 0.15) is 11.1 Å². The summed E-state index contributed by atoms with van der Waals surface area (Å²) in [6.45, 7) is 1.63. The molecule has 0 aliphatic heterocycles. The first-order chi connectivity index (χ1) is 17.3. The Bertz CT molecular complexity index is 1500. The maximum Gasteiger partial charge on any atom is 0.283 e. The van der Waals surface area contributed by atoms with Crippen LogP contribution in [0.4, 0.5) is 11.4 Å². The highest BCUT2D eigenvalue weighted by Gasteiger charge is 2.18. The third-order valence-corrected chi connectivity index (χ3v) is 6.94. The fourth-order valence-corrected chi connectivity index (χ4v) is 5.20. The number of nitrogens with zero attached hydrogens (tertiary/aromatic N) is 4. The number of hydrogen-bond donors (Lipinski definition) is 1. The lowest BCUT2D eigenvalue weighted by molar-refractivity contribution is -0.387. The number of nitrogens with one attached hydrogen (secondary N) is 1. The van der Waals surface area contributed by atoms with E-state index in [0.29, 0.717) is 30.8 Å². The van der Waals surface area contributed by atoms with Gasteiger partial charge in [0, 0.05) is 23.8 Å². The van der Waals surface area contributed by atoms with E-state index in [-0.39, 0.29) is 18.0 Å². The number of para-hydroxylation sites is 1. The van der Waals surface area contributed by atoms with Crippen molar-refractivity contribution in [2.45, 2.75) is 16.2 Å². The summed E-state index contributed by atoms with van der Waals surface area (Å²) in [5.74, 6) is 0.110. The van der Waals surface area contributed by atoms with E-state index in [1.807, 2.05) is 19.1 Å². The van der Waals surface area contributed by atoms with Crippen LogP contribution in [0.5, 0.6) is 5.75 Å². The van der Waals surface area contributed by atoms with Gasteiger partial charge in [0.25, 0.3) is 17.3 Å². The minimum absolute atomic E-state index is 0.0499. The molecule has 0 bridgehead atoms. The maximum atomic E-state index is 12.0. The lowest BCUT2D eigenvalue weighted by atomic mass is 10.2. The molecule has 0 fully saturated rings. The first kappa shape index (κ1) is 24.8. The van der Waals surface area contributed by atoms with Crippen molar-refractivity contribution in [3.05, 3.63) is 92.0 Å². The SMILES string of the molecule is Cc1ccccc1OCC(=O)N/N=C/c1ccc(Sc2nc3ccc([N+](=O)[O-])cc3s2)c([N+](=O)[O-])c1. The van der Waals surface area contributed by atoms with Gasteiger partial charge < -0.3 is 4.74 Å². The van der Waals surface area contributed by atoms with Crippen molar-refractivity contribution < 1.29 is 19.4 Å². The number of amides is 1. The van der Waals surface area contributed by atoms with Gasteiger partial charge in [-0.1, -0.05) is 36.0 Å². The normalized spacial score (nSPS) is 11.0. The van der Waals surface area contributed by atoms with Gasteiger partial charge in [0.1, 0.15) is 5.75 Å². The molecule has 1 aromatic heterocycles. The van der Waals surface area contributed by atoms with Crippen LogP contribution in [0.3, 0.4) is 0 Å². The van der Waals surface area contributed by atoms with Crippen molar-refractivity contribution in [2.24, 2.45) is 5.10 Å². The second-order valence-corrected chi connectivity index (χ2v) is 9.64. The van der Waals surface area contributed by atoms with Crippen molar-refractivity contribution in [3.63, 3.8) is 0 Å². The summed E-state index contributed by atoms with van der Waals surface area (Å²) in [5.41, 5.74) is 3.99. The number of carbonyl (C=O) groups is 1. The monoisotopic (exact) mass is 523 g/mol. The number of non-ortho nitro benzene ring substituents is 1. The molecule has 1 N–H and O–H groups in total. The Balaban J connectivity index is 1.42. The minimum Gasteiger partial charge on any atom is -0.483 e. The zero-order chi connectivity index (χ0) is 25.7. The molecule has 13 heteroatoms. The van der Waals surface area contributed by atoms with Gasteiger partial charge in [0.2, 0.25) is 0 Å². The lowest BCUT2D eigenvalue weighted by Gasteiger charge is -2.07. The molecule has 3 aromatic carbocycles.